The summed E-state index contributed by atoms with van der Waals surface area (Å²) in [6.07, 6.45) is -1.79. The summed E-state index contributed by atoms with van der Waals surface area (Å²) in [4.78, 5) is 33.3. The number of carbonyl (C=O) groups excluding carboxylic acids is 3. The van der Waals surface area contributed by atoms with E-state index in [1.807, 2.05) is 0 Å². The summed E-state index contributed by atoms with van der Waals surface area (Å²) in [5, 5.41) is 9.17. The van der Waals surface area contributed by atoms with Crippen molar-refractivity contribution in [1.29, 1.82) is 0 Å². The van der Waals surface area contributed by atoms with Crippen molar-refractivity contribution in [1.82, 2.24) is 0 Å². The van der Waals surface area contributed by atoms with Crippen molar-refractivity contribution in [3.05, 3.63) is 11.1 Å². The lowest BCUT2D eigenvalue weighted by atomic mass is 10.1. The highest BCUT2D eigenvalue weighted by molar-refractivity contribution is 6.21. The monoisotopic (exact) mass is 216 g/mol. The number of rotatable bonds is 2. The van der Waals surface area contributed by atoms with Crippen LogP contribution in [0.2, 0.25) is 0 Å². The molecule has 0 saturated heterocycles. The molecule has 1 atom stereocenters. The largest absolute Gasteiger partial charge is 0.465 e. The molecule has 0 aromatic carbocycles. The number of carbonyl (C=O) groups is 3. The molecule has 1 heterocycles. The van der Waals surface area contributed by atoms with Gasteiger partial charge in [-0.15, -0.1) is 0 Å². The Hall–Kier alpha value is -1.89. The van der Waals surface area contributed by atoms with E-state index in [9.17, 15) is 14.4 Å². The predicted octanol–water partition coefficient (Wildman–Crippen LogP) is -1.50. The third kappa shape index (κ3) is 1.82. The molecule has 7 heteroatoms. The van der Waals surface area contributed by atoms with Gasteiger partial charge in [-0.2, -0.15) is 0 Å². The Morgan fingerprint density at radius 1 is 1.27 bits per heavy atom. The fraction of sp³-hybridized carbons (Fsp3) is 0.375. The molecule has 15 heavy (non-hydrogen) atoms. The summed E-state index contributed by atoms with van der Waals surface area (Å²) in [6.45, 7) is 0. The lowest BCUT2D eigenvalue weighted by Gasteiger charge is -2.04. The number of methoxy groups -OCH3 is 2. The molecule has 0 saturated carbocycles. The summed E-state index contributed by atoms with van der Waals surface area (Å²) in [7, 11) is 2.07. The van der Waals surface area contributed by atoms with Crippen LogP contribution in [-0.4, -0.2) is 43.5 Å². The van der Waals surface area contributed by atoms with Crippen molar-refractivity contribution in [3.8, 4) is 0 Å². The number of ether oxygens (including phenoxy) is 3. The lowest BCUT2D eigenvalue weighted by molar-refractivity contribution is -0.155. The van der Waals surface area contributed by atoms with E-state index >= 15 is 0 Å². The third-order valence-electron chi connectivity index (χ3n) is 1.73. The van der Waals surface area contributed by atoms with Crippen molar-refractivity contribution in [3.63, 3.8) is 0 Å². The number of aliphatic hydroxyl groups is 1. The second-order valence-corrected chi connectivity index (χ2v) is 2.53. The summed E-state index contributed by atoms with van der Waals surface area (Å²) >= 11 is 0. The molecule has 1 rings (SSSR count). The van der Waals surface area contributed by atoms with E-state index in [0.29, 0.717) is 0 Å². The van der Waals surface area contributed by atoms with E-state index in [0.717, 1.165) is 14.2 Å². The maximum atomic E-state index is 11.1. The average Bonchev–Trinajstić information content (AvgIpc) is 2.51. The summed E-state index contributed by atoms with van der Waals surface area (Å²) in [5.41, 5.74) is -1.19. The van der Waals surface area contributed by atoms with Gasteiger partial charge in [0.1, 0.15) is 5.57 Å². The number of aliphatic hydroxyl groups excluding tert-OH is 1. The van der Waals surface area contributed by atoms with Gasteiger partial charge in [0.2, 0.25) is 6.29 Å². The van der Waals surface area contributed by atoms with Crippen LogP contribution in [0, 0.1) is 0 Å². The van der Waals surface area contributed by atoms with Crippen LogP contribution in [0.5, 0.6) is 0 Å². The molecule has 0 bridgehead atoms. The highest BCUT2D eigenvalue weighted by Gasteiger charge is 2.42. The Balaban J connectivity index is 3.21. The van der Waals surface area contributed by atoms with Gasteiger partial charge in [0.25, 0.3) is 0 Å². The smallest absolute Gasteiger partial charge is 0.348 e. The van der Waals surface area contributed by atoms with Crippen LogP contribution in [0.25, 0.3) is 0 Å². The van der Waals surface area contributed by atoms with Gasteiger partial charge in [-0.3, -0.25) is 0 Å². The average molecular weight is 216 g/mol. The minimum absolute atomic E-state index is 0.547. The van der Waals surface area contributed by atoms with Crippen molar-refractivity contribution < 1.29 is 33.7 Å². The Kier molecular flexibility index (Phi) is 3.05. The summed E-state index contributed by atoms with van der Waals surface area (Å²) in [5.74, 6) is -3.19. The van der Waals surface area contributed by atoms with Crippen LogP contribution in [0.1, 0.15) is 0 Å². The lowest BCUT2D eigenvalue weighted by Crippen LogP contribution is -2.19. The molecular weight excluding hydrogens is 208 g/mol. The first-order valence-electron chi connectivity index (χ1n) is 3.82. The first-order chi connectivity index (χ1) is 7.02. The van der Waals surface area contributed by atoms with Crippen LogP contribution in [0.3, 0.4) is 0 Å². The summed E-state index contributed by atoms with van der Waals surface area (Å²) < 4.78 is 12.8. The topological polar surface area (TPSA) is 99.1 Å². The zero-order valence-corrected chi connectivity index (χ0v) is 7.97. The maximum Gasteiger partial charge on any atom is 0.348 e. The Labute approximate surface area is 84.2 Å². The summed E-state index contributed by atoms with van der Waals surface area (Å²) in [6, 6.07) is 0. The van der Waals surface area contributed by atoms with E-state index in [4.69, 9.17) is 5.11 Å². The normalized spacial score (nSPS) is 19.9. The zero-order chi connectivity index (χ0) is 11.6. The fourth-order valence-corrected chi connectivity index (χ4v) is 1.06. The molecule has 1 aliphatic rings. The van der Waals surface area contributed by atoms with Gasteiger partial charge in [-0.25, -0.2) is 14.4 Å². The minimum atomic E-state index is -1.79. The quantitative estimate of drug-likeness (QED) is 0.341. The first kappa shape index (κ1) is 11.2. The Morgan fingerprint density at radius 3 is 2.27 bits per heavy atom. The third-order valence-corrected chi connectivity index (χ3v) is 1.73. The number of hydrogen-bond donors (Lipinski definition) is 1. The van der Waals surface area contributed by atoms with E-state index in [1.54, 1.807) is 0 Å². The van der Waals surface area contributed by atoms with Crippen molar-refractivity contribution >= 4 is 17.9 Å². The number of esters is 3. The van der Waals surface area contributed by atoms with Gasteiger partial charge in [0.05, 0.1) is 14.2 Å². The van der Waals surface area contributed by atoms with Crippen molar-refractivity contribution in [2.45, 2.75) is 6.29 Å². The highest BCUT2D eigenvalue weighted by Crippen LogP contribution is 2.23. The molecule has 0 aromatic heterocycles. The molecule has 0 spiro atoms. The number of cyclic esters (lactones) is 1. The van der Waals surface area contributed by atoms with Crippen molar-refractivity contribution in [2.24, 2.45) is 0 Å². The zero-order valence-electron chi connectivity index (χ0n) is 7.97. The predicted molar refractivity (Wildman–Crippen MR) is 43.2 cm³/mol. The van der Waals surface area contributed by atoms with Crippen LogP contribution >= 0.6 is 0 Å². The van der Waals surface area contributed by atoms with Crippen LogP contribution < -0.4 is 0 Å². The second-order valence-electron chi connectivity index (χ2n) is 2.53. The molecule has 0 unspecified atom stereocenters. The molecule has 0 amide bonds. The van der Waals surface area contributed by atoms with Gasteiger partial charge in [-0.05, 0) is 0 Å². The standard InChI is InChI=1S/C8H8O7/c1-13-5(9)3-4(6(10)14-2)8(12)15-7(3)11/h7,11H,1-2H3/t7-/m0/s1. The van der Waals surface area contributed by atoms with Gasteiger partial charge in [0, 0.05) is 0 Å². The molecule has 82 valence electrons. The molecular formula is C8H8O7. The van der Waals surface area contributed by atoms with Gasteiger partial charge >= 0.3 is 17.9 Å². The van der Waals surface area contributed by atoms with Gasteiger partial charge in [0.15, 0.2) is 5.57 Å². The van der Waals surface area contributed by atoms with Gasteiger partial charge in [-0.1, -0.05) is 0 Å². The first-order valence-corrected chi connectivity index (χ1v) is 3.82. The molecule has 0 aliphatic carbocycles. The molecule has 0 aromatic rings. The van der Waals surface area contributed by atoms with Crippen LogP contribution in [-0.2, 0) is 28.6 Å². The van der Waals surface area contributed by atoms with Crippen molar-refractivity contribution in [2.75, 3.05) is 14.2 Å². The van der Waals surface area contributed by atoms with Gasteiger partial charge < -0.3 is 19.3 Å². The molecule has 1 aliphatic heterocycles. The van der Waals surface area contributed by atoms with E-state index in [-0.39, 0.29) is 0 Å². The fourth-order valence-electron chi connectivity index (χ4n) is 1.06. The van der Waals surface area contributed by atoms with E-state index < -0.39 is 35.3 Å². The molecule has 0 fully saturated rings. The minimum Gasteiger partial charge on any atom is -0.465 e. The maximum absolute atomic E-state index is 11.1. The van der Waals surface area contributed by atoms with Crippen LogP contribution in [0.4, 0.5) is 0 Å². The molecule has 7 nitrogen and oxygen atoms in total. The van der Waals surface area contributed by atoms with E-state index in [1.165, 1.54) is 0 Å². The van der Waals surface area contributed by atoms with Crippen LogP contribution in [0.15, 0.2) is 11.1 Å². The van der Waals surface area contributed by atoms with E-state index in [2.05, 4.69) is 14.2 Å². The second kappa shape index (κ2) is 4.09. The highest BCUT2D eigenvalue weighted by atomic mass is 16.6. The SMILES string of the molecule is COC(=O)C1=C(C(=O)OC)[C@@H](O)OC1=O. The molecule has 1 N–H and O–H groups in total. The number of hydrogen-bond acceptors (Lipinski definition) is 7. The Morgan fingerprint density at radius 2 is 1.80 bits per heavy atom. The Bertz CT molecular complexity index is 354. The molecule has 0 radical (unpaired) electrons.